The first-order chi connectivity index (χ1) is 16.4. The summed E-state index contributed by atoms with van der Waals surface area (Å²) in [6.07, 6.45) is -4.23. The van der Waals surface area contributed by atoms with Crippen LogP contribution in [0.2, 0.25) is 0 Å². The molecular weight excluding hydrogens is 483 g/mol. The predicted molar refractivity (Wildman–Crippen MR) is 121 cm³/mol. The number of carbonyl (C=O) groups excluding carboxylic acids is 1. The minimum absolute atomic E-state index is 0.202. The van der Waals surface area contributed by atoms with Crippen LogP contribution in [0.5, 0.6) is 5.75 Å². The summed E-state index contributed by atoms with van der Waals surface area (Å²) in [5.41, 5.74) is 0.442. The number of rotatable bonds is 9. The van der Waals surface area contributed by atoms with Gasteiger partial charge < -0.3 is 32.9 Å². The van der Waals surface area contributed by atoms with Gasteiger partial charge in [0.05, 0.1) is 0 Å². The Morgan fingerprint density at radius 3 is 1.80 bits per heavy atom. The summed E-state index contributed by atoms with van der Waals surface area (Å²) in [6.45, 7) is 8.82. The average molecular weight is 516 g/mol. The van der Waals surface area contributed by atoms with E-state index in [1.807, 2.05) is 0 Å². The van der Waals surface area contributed by atoms with Crippen molar-refractivity contribution >= 4 is 14.1 Å². The molecule has 0 N–H and O–H groups in total. The van der Waals surface area contributed by atoms with Crippen LogP contribution in [0, 0.1) is 0 Å². The molecule has 2 aliphatic heterocycles. The van der Waals surface area contributed by atoms with Crippen molar-refractivity contribution in [1.82, 2.24) is 0 Å². The Balaban J connectivity index is 1.65. The lowest BCUT2D eigenvalue weighted by molar-refractivity contribution is -0.234. The Labute approximate surface area is 204 Å². The monoisotopic (exact) mass is 516 g/mol. The van der Waals surface area contributed by atoms with E-state index in [1.165, 1.54) is 38.5 Å². The molecular formula is C23H33O11P. The fraction of sp³-hybridized carbons (Fsp3) is 0.696. The molecule has 4 unspecified atom stereocenters. The van der Waals surface area contributed by atoms with Crippen LogP contribution in [0.1, 0.15) is 45.0 Å². The average Bonchev–Trinajstić information content (AvgIpc) is 3.31. The van der Waals surface area contributed by atoms with Gasteiger partial charge in [-0.2, -0.15) is 0 Å². The summed E-state index contributed by atoms with van der Waals surface area (Å²) in [7, 11) is -1.42. The van der Waals surface area contributed by atoms with Gasteiger partial charge in [0.1, 0.15) is 48.7 Å². The second kappa shape index (κ2) is 9.81. The van der Waals surface area contributed by atoms with Crippen molar-refractivity contribution in [2.24, 2.45) is 0 Å². The number of benzene rings is 1. The highest BCUT2D eigenvalue weighted by atomic mass is 31.2. The van der Waals surface area contributed by atoms with Crippen molar-refractivity contribution in [3.05, 3.63) is 29.8 Å². The largest absolute Gasteiger partial charge is 0.530 e. The molecule has 2 heterocycles. The first kappa shape index (κ1) is 26.7. The molecule has 0 amide bonds. The van der Waals surface area contributed by atoms with Gasteiger partial charge in [-0.25, -0.2) is 4.57 Å². The van der Waals surface area contributed by atoms with Crippen molar-refractivity contribution in [1.29, 1.82) is 0 Å². The van der Waals surface area contributed by atoms with E-state index < -0.39 is 62.3 Å². The van der Waals surface area contributed by atoms with Crippen LogP contribution in [-0.4, -0.2) is 75.0 Å². The normalized spacial score (nSPS) is 35.5. The molecule has 3 fully saturated rings. The molecule has 1 aromatic carbocycles. The quantitative estimate of drug-likeness (QED) is 0.273. The second-order valence-electron chi connectivity index (χ2n) is 9.51. The molecule has 3 aliphatic rings. The first-order valence-electron chi connectivity index (χ1n) is 11.4. The molecule has 1 aliphatic carbocycles. The number of ether oxygens (including phenoxy) is 6. The number of hydrogen-bond donors (Lipinski definition) is 0. The lowest BCUT2D eigenvalue weighted by atomic mass is 9.85. The maximum Gasteiger partial charge on any atom is 0.530 e. The van der Waals surface area contributed by atoms with Crippen LogP contribution >= 0.6 is 7.82 Å². The highest BCUT2D eigenvalue weighted by molar-refractivity contribution is 7.48. The van der Waals surface area contributed by atoms with Gasteiger partial charge in [0, 0.05) is 19.8 Å². The molecule has 11 nitrogen and oxygen atoms in total. The lowest BCUT2D eigenvalue weighted by Crippen LogP contribution is -2.63. The molecule has 196 valence electrons. The number of aldehydes is 1. The van der Waals surface area contributed by atoms with E-state index in [0.717, 1.165) is 0 Å². The highest BCUT2D eigenvalue weighted by Crippen LogP contribution is 2.55. The fourth-order valence-corrected chi connectivity index (χ4v) is 5.69. The van der Waals surface area contributed by atoms with Crippen LogP contribution in [0.4, 0.5) is 0 Å². The SMILES string of the molecule is COC(C)OC1[C@H]2OC(C)(C)O[C@H]2C(OP(=O)(OC)Oc2ccc(C=O)cc2)[C@@H]2OC(C)(C)O[C@@H]12. The zero-order chi connectivity index (χ0) is 25.6. The molecule has 0 aromatic heterocycles. The van der Waals surface area contributed by atoms with E-state index >= 15 is 0 Å². The minimum Gasteiger partial charge on any atom is -0.404 e. The maximum atomic E-state index is 13.6. The van der Waals surface area contributed by atoms with Gasteiger partial charge in [-0.05, 0) is 58.9 Å². The topological polar surface area (TPSA) is 117 Å². The highest BCUT2D eigenvalue weighted by Gasteiger charge is 2.65. The number of hydrogen-bond acceptors (Lipinski definition) is 11. The lowest BCUT2D eigenvalue weighted by Gasteiger charge is -2.43. The van der Waals surface area contributed by atoms with Crippen molar-refractivity contribution in [3.8, 4) is 5.75 Å². The van der Waals surface area contributed by atoms with Crippen LogP contribution in [0.3, 0.4) is 0 Å². The van der Waals surface area contributed by atoms with Gasteiger partial charge in [0.25, 0.3) is 0 Å². The molecule has 12 heteroatoms. The Hall–Kier alpha value is -1.40. The smallest absolute Gasteiger partial charge is 0.404 e. The Morgan fingerprint density at radius 1 is 0.886 bits per heavy atom. The van der Waals surface area contributed by atoms with E-state index in [9.17, 15) is 9.36 Å². The Bertz CT molecular complexity index is 917. The summed E-state index contributed by atoms with van der Waals surface area (Å²) in [5.74, 6) is -1.76. The van der Waals surface area contributed by atoms with E-state index in [4.69, 9.17) is 42.0 Å². The summed E-state index contributed by atoms with van der Waals surface area (Å²) < 4.78 is 66.6. The number of fused-ring (bicyclic) bond motifs is 2. The van der Waals surface area contributed by atoms with Crippen molar-refractivity contribution < 1.29 is 51.4 Å². The van der Waals surface area contributed by atoms with Gasteiger partial charge in [-0.15, -0.1) is 0 Å². The van der Waals surface area contributed by atoms with Gasteiger partial charge in [0.15, 0.2) is 17.9 Å². The predicted octanol–water partition coefficient (Wildman–Crippen LogP) is 3.45. The van der Waals surface area contributed by atoms with E-state index in [1.54, 1.807) is 34.6 Å². The molecule has 0 bridgehead atoms. The van der Waals surface area contributed by atoms with E-state index in [2.05, 4.69) is 0 Å². The second-order valence-corrected chi connectivity index (χ2v) is 11.2. The van der Waals surface area contributed by atoms with E-state index in [0.29, 0.717) is 11.8 Å². The third kappa shape index (κ3) is 5.64. The van der Waals surface area contributed by atoms with Crippen molar-refractivity contribution in [2.45, 2.75) is 89.1 Å². The standard InChI is InChI=1S/C23H33O11P/c1-13(26-6)28-16-17-19(31-22(2,3)29-17)21(20-18(16)30-23(4,5)32-20)34-35(25,27-7)33-15-10-8-14(12-24)9-11-15/h8-13,16-21H,1-7H3/t13?,16?,17-,18+,19-,20-,21?,35?/m1/s1. The number of phosphoric ester groups is 1. The minimum atomic E-state index is -4.17. The van der Waals surface area contributed by atoms with Crippen LogP contribution < -0.4 is 4.52 Å². The Morgan fingerprint density at radius 2 is 1.37 bits per heavy atom. The summed E-state index contributed by atoms with van der Waals surface area (Å²) in [5, 5.41) is 0. The van der Waals surface area contributed by atoms with E-state index in [-0.39, 0.29) is 5.75 Å². The summed E-state index contributed by atoms with van der Waals surface area (Å²) >= 11 is 0. The molecule has 4 rings (SSSR count). The zero-order valence-electron chi connectivity index (χ0n) is 20.9. The Kier molecular flexibility index (Phi) is 7.47. The third-order valence-electron chi connectivity index (χ3n) is 6.01. The summed E-state index contributed by atoms with van der Waals surface area (Å²) in [6, 6.07) is 6.05. The number of carbonyl (C=O) groups is 1. The van der Waals surface area contributed by atoms with Crippen molar-refractivity contribution in [2.75, 3.05) is 14.2 Å². The molecule has 1 saturated carbocycles. The summed E-state index contributed by atoms with van der Waals surface area (Å²) in [4.78, 5) is 10.9. The van der Waals surface area contributed by atoms with Gasteiger partial charge in [-0.3, -0.25) is 13.8 Å². The van der Waals surface area contributed by atoms with Crippen LogP contribution in [0.15, 0.2) is 24.3 Å². The maximum absolute atomic E-state index is 13.6. The third-order valence-corrected chi connectivity index (χ3v) is 7.39. The van der Waals surface area contributed by atoms with Crippen LogP contribution in [-0.2, 0) is 42.0 Å². The fourth-order valence-electron chi connectivity index (χ4n) is 4.56. The van der Waals surface area contributed by atoms with Gasteiger partial charge in [-0.1, -0.05) is 0 Å². The number of phosphoric acid groups is 1. The van der Waals surface area contributed by atoms with Gasteiger partial charge in [0.2, 0.25) is 0 Å². The molecule has 2 saturated heterocycles. The molecule has 1 aromatic rings. The first-order valence-corrected chi connectivity index (χ1v) is 12.8. The van der Waals surface area contributed by atoms with Crippen LogP contribution in [0.25, 0.3) is 0 Å². The molecule has 0 radical (unpaired) electrons. The zero-order valence-corrected chi connectivity index (χ0v) is 21.8. The number of methoxy groups -OCH3 is 1. The van der Waals surface area contributed by atoms with Gasteiger partial charge >= 0.3 is 7.82 Å². The molecule has 8 atom stereocenters. The van der Waals surface area contributed by atoms with Crippen molar-refractivity contribution in [3.63, 3.8) is 0 Å². The molecule has 35 heavy (non-hydrogen) atoms. The molecule has 0 spiro atoms.